The molecule has 0 unspecified atom stereocenters. The first kappa shape index (κ1) is 13.7. The lowest BCUT2D eigenvalue weighted by atomic mass is 9.82. The topological polar surface area (TPSA) is 51.5 Å². The fraction of sp³-hybridized carbons (Fsp3) is 0.353. The van der Waals surface area contributed by atoms with Crippen molar-refractivity contribution in [3.8, 4) is 0 Å². The molecule has 1 aromatic carbocycles. The maximum atomic E-state index is 12.2. The fourth-order valence-electron chi connectivity index (χ4n) is 3.25. The number of esters is 1. The smallest absolute Gasteiger partial charge is 0.341 e. The molecule has 0 aliphatic heterocycles. The van der Waals surface area contributed by atoms with Crippen molar-refractivity contribution in [2.75, 3.05) is 7.11 Å². The average Bonchev–Trinajstić information content (AvgIpc) is 2.73. The molecular weight excluding hydrogens is 266 g/mol. The number of aromatic nitrogens is 1. The molecule has 0 saturated heterocycles. The van der Waals surface area contributed by atoms with Crippen molar-refractivity contribution < 1.29 is 14.6 Å². The van der Waals surface area contributed by atoms with E-state index >= 15 is 0 Å². The maximum absolute atomic E-state index is 12.2. The Hall–Kier alpha value is -2.23. The minimum Gasteiger partial charge on any atom is -0.511 e. The van der Waals surface area contributed by atoms with Gasteiger partial charge in [0.1, 0.15) is 11.3 Å². The lowest BCUT2D eigenvalue weighted by Gasteiger charge is -2.22. The molecule has 110 valence electrons. The third-order valence-electron chi connectivity index (χ3n) is 4.30. The molecule has 4 nitrogen and oxygen atoms in total. The summed E-state index contributed by atoms with van der Waals surface area (Å²) >= 11 is 0. The van der Waals surface area contributed by atoms with Crippen LogP contribution in [0.4, 0.5) is 0 Å². The van der Waals surface area contributed by atoms with Gasteiger partial charge in [0, 0.05) is 36.1 Å². The highest BCUT2D eigenvalue weighted by atomic mass is 16.5. The number of allylic oxidation sites excluding steroid dienone is 1. The Bertz CT molecular complexity index is 781. The van der Waals surface area contributed by atoms with Crippen molar-refractivity contribution >= 4 is 22.4 Å². The normalized spacial score (nSPS) is 17.0. The molecule has 1 heterocycles. The molecule has 1 aliphatic carbocycles. The highest BCUT2D eigenvalue weighted by Gasteiger charge is 2.34. The molecule has 0 spiro atoms. The van der Waals surface area contributed by atoms with Crippen LogP contribution < -0.4 is 0 Å². The summed E-state index contributed by atoms with van der Waals surface area (Å²) in [5, 5.41) is 11.5. The van der Waals surface area contributed by atoms with Crippen LogP contribution in [0.15, 0.2) is 30.2 Å². The second-order valence-corrected chi connectivity index (χ2v) is 6.23. The van der Waals surface area contributed by atoms with Gasteiger partial charge in [-0.2, -0.15) is 0 Å². The second kappa shape index (κ2) is 4.38. The summed E-state index contributed by atoms with van der Waals surface area (Å²) in [6.07, 6.45) is 2.49. The number of hydrogen-bond acceptors (Lipinski definition) is 3. The van der Waals surface area contributed by atoms with Gasteiger partial charge < -0.3 is 14.4 Å². The van der Waals surface area contributed by atoms with Crippen LogP contribution in [0.1, 0.15) is 31.4 Å². The zero-order valence-electron chi connectivity index (χ0n) is 12.7. The number of rotatable bonds is 1. The van der Waals surface area contributed by atoms with Crippen LogP contribution in [0.2, 0.25) is 0 Å². The van der Waals surface area contributed by atoms with Gasteiger partial charge in [-0.05, 0) is 17.0 Å². The van der Waals surface area contributed by atoms with Gasteiger partial charge in [-0.25, -0.2) is 4.79 Å². The van der Waals surface area contributed by atoms with Crippen LogP contribution in [0.5, 0.6) is 0 Å². The Morgan fingerprint density at radius 3 is 2.76 bits per heavy atom. The fourth-order valence-corrected chi connectivity index (χ4v) is 3.25. The number of aliphatic hydroxyl groups is 1. The highest BCUT2D eigenvalue weighted by Crippen LogP contribution is 2.43. The zero-order chi connectivity index (χ0) is 15.4. The zero-order valence-corrected chi connectivity index (χ0v) is 12.7. The van der Waals surface area contributed by atoms with Crippen molar-refractivity contribution in [1.29, 1.82) is 0 Å². The predicted molar refractivity (Wildman–Crippen MR) is 82.1 cm³/mol. The highest BCUT2D eigenvalue weighted by molar-refractivity contribution is 6.21. The summed E-state index contributed by atoms with van der Waals surface area (Å²) in [5.74, 6) is -0.397. The lowest BCUT2D eigenvalue weighted by molar-refractivity contribution is -0.133. The first-order valence-electron chi connectivity index (χ1n) is 6.96. The lowest BCUT2D eigenvalue weighted by Crippen LogP contribution is -2.17. The first-order chi connectivity index (χ1) is 9.86. The van der Waals surface area contributed by atoms with Crippen LogP contribution in [0, 0.1) is 0 Å². The predicted octanol–water partition coefficient (Wildman–Crippen LogP) is 3.30. The van der Waals surface area contributed by atoms with E-state index in [0.29, 0.717) is 6.42 Å². The SMILES string of the molecule is COC(=O)C1=C(O)CC(C)(C)c2cn(C)c3cccc1c23. The number of carbonyl (C=O) groups excluding carboxylic acids is 1. The molecule has 0 saturated carbocycles. The van der Waals surface area contributed by atoms with Crippen molar-refractivity contribution in [1.82, 2.24) is 4.57 Å². The molecule has 3 rings (SSSR count). The number of carbonyl (C=O) groups is 1. The number of methoxy groups -OCH3 is 1. The van der Waals surface area contributed by atoms with Gasteiger partial charge in [-0.15, -0.1) is 0 Å². The van der Waals surface area contributed by atoms with Gasteiger partial charge in [0.25, 0.3) is 0 Å². The monoisotopic (exact) mass is 285 g/mol. The Morgan fingerprint density at radius 2 is 2.10 bits per heavy atom. The molecule has 0 fully saturated rings. The van der Waals surface area contributed by atoms with E-state index in [-0.39, 0.29) is 16.7 Å². The van der Waals surface area contributed by atoms with Crippen molar-refractivity contribution in [2.24, 2.45) is 7.05 Å². The number of benzene rings is 1. The largest absolute Gasteiger partial charge is 0.511 e. The summed E-state index contributed by atoms with van der Waals surface area (Å²) in [4.78, 5) is 12.2. The minimum atomic E-state index is -0.493. The van der Waals surface area contributed by atoms with E-state index in [1.165, 1.54) is 7.11 Å². The van der Waals surface area contributed by atoms with Crippen LogP contribution in [-0.2, 0) is 22.0 Å². The molecule has 1 aliphatic rings. The summed E-state index contributed by atoms with van der Waals surface area (Å²) < 4.78 is 6.94. The average molecular weight is 285 g/mol. The van der Waals surface area contributed by atoms with E-state index in [2.05, 4.69) is 24.6 Å². The third kappa shape index (κ3) is 1.86. The number of nitrogens with zero attached hydrogens (tertiary/aromatic N) is 1. The van der Waals surface area contributed by atoms with Crippen molar-refractivity contribution in [2.45, 2.75) is 25.7 Å². The van der Waals surface area contributed by atoms with Gasteiger partial charge in [-0.1, -0.05) is 26.0 Å². The number of aliphatic hydroxyl groups excluding tert-OH is 1. The summed E-state index contributed by atoms with van der Waals surface area (Å²) in [6.45, 7) is 4.16. The first-order valence-corrected chi connectivity index (χ1v) is 6.96. The number of hydrogen-bond donors (Lipinski definition) is 1. The van der Waals surface area contributed by atoms with E-state index < -0.39 is 5.97 Å². The van der Waals surface area contributed by atoms with Crippen LogP contribution >= 0.6 is 0 Å². The second-order valence-electron chi connectivity index (χ2n) is 6.23. The molecule has 0 bridgehead atoms. The van der Waals surface area contributed by atoms with Crippen LogP contribution in [-0.4, -0.2) is 22.8 Å². The van der Waals surface area contributed by atoms with Crippen molar-refractivity contribution in [3.63, 3.8) is 0 Å². The molecule has 1 aromatic heterocycles. The summed E-state index contributed by atoms with van der Waals surface area (Å²) in [6, 6.07) is 5.79. The van der Waals surface area contributed by atoms with Crippen molar-refractivity contribution in [3.05, 3.63) is 41.3 Å². The molecule has 4 heteroatoms. The third-order valence-corrected chi connectivity index (χ3v) is 4.30. The molecule has 21 heavy (non-hydrogen) atoms. The van der Waals surface area contributed by atoms with Gasteiger partial charge in [0.2, 0.25) is 0 Å². The van der Waals surface area contributed by atoms with E-state index in [0.717, 1.165) is 22.0 Å². The van der Waals surface area contributed by atoms with Crippen LogP contribution in [0.25, 0.3) is 16.5 Å². The van der Waals surface area contributed by atoms with E-state index in [1.807, 2.05) is 25.2 Å². The number of ether oxygens (including phenoxy) is 1. The Morgan fingerprint density at radius 1 is 1.38 bits per heavy atom. The molecule has 0 radical (unpaired) electrons. The van der Waals surface area contributed by atoms with E-state index in [9.17, 15) is 9.90 Å². The summed E-state index contributed by atoms with van der Waals surface area (Å²) in [7, 11) is 3.33. The van der Waals surface area contributed by atoms with Crippen LogP contribution in [0.3, 0.4) is 0 Å². The molecular formula is C17H19NO3. The maximum Gasteiger partial charge on any atom is 0.341 e. The van der Waals surface area contributed by atoms with Gasteiger partial charge in [0.15, 0.2) is 0 Å². The van der Waals surface area contributed by atoms with E-state index in [4.69, 9.17) is 4.74 Å². The molecule has 0 amide bonds. The van der Waals surface area contributed by atoms with Gasteiger partial charge in [-0.3, -0.25) is 0 Å². The van der Waals surface area contributed by atoms with E-state index in [1.54, 1.807) is 0 Å². The van der Waals surface area contributed by atoms with Gasteiger partial charge >= 0.3 is 5.97 Å². The molecule has 0 atom stereocenters. The minimum absolute atomic E-state index is 0.0956. The quantitative estimate of drug-likeness (QED) is 0.818. The van der Waals surface area contributed by atoms with Gasteiger partial charge in [0.05, 0.1) is 7.11 Å². The Balaban J connectivity index is 2.47. The number of aryl methyl sites for hydroxylation is 1. The standard InChI is InChI=1S/C17H19NO3/c1-17(2)8-13(19)15(16(20)21-4)10-6-5-7-12-14(10)11(17)9-18(12)3/h5-7,9,19H,8H2,1-4H3. The molecule has 1 N–H and O–H groups in total. The summed E-state index contributed by atoms with van der Waals surface area (Å²) in [5.41, 5.74) is 2.96. The Kier molecular flexibility index (Phi) is 2.87. The Labute approximate surface area is 123 Å². The molecule has 2 aromatic rings.